The van der Waals surface area contributed by atoms with Crippen LogP contribution in [0.5, 0.6) is 0 Å². The van der Waals surface area contributed by atoms with Crippen LogP contribution >= 0.6 is 27.7 Å². The van der Waals surface area contributed by atoms with Crippen LogP contribution in [0.25, 0.3) is 0 Å². The van der Waals surface area contributed by atoms with Gasteiger partial charge in [0.2, 0.25) is 0 Å². The monoisotopic (exact) mass is 377 g/mol. The van der Waals surface area contributed by atoms with Crippen molar-refractivity contribution in [2.75, 3.05) is 0 Å². The Morgan fingerprint density at radius 2 is 1.95 bits per heavy atom. The lowest BCUT2D eigenvalue weighted by Crippen LogP contribution is -2.05. The molecule has 0 atom stereocenters. The van der Waals surface area contributed by atoms with Crippen LogP contribution in [0.15, 0.2) is 50.9 Å². The fraction of sp³-hybridized carbons (Fsp3) is 0.0769. The quantitative estimate of drug-likeness (QED) is 0.841. The van der Waals surface area contributed by atoms with E-state index in [0.717, 1.165) is 24.0 Å². The van der Waals surface area contributed by atoms with Gasteiger partial charge in [-0.3, -0.25) is 0 Å². The average molecular weight is 378 g/mol. The third-order valence-corrected chi connectivity index (χ3v) is 3.78. The summed E-state index contributed by atoms with van der Waals surface area (Å²) >= 11 is 4.27. The average Bonchev–Trinajstić information content (AvgIpc) is 2.37. The first-order chi connectivity index (χ1) is 9.75. The SMILES string of the molecule is O=C(O)c1cc(Br)cc(Sc2ccc(C(F)(F)F)cn2)c1. The second-order valence-electron chi connectivity index (χ2n) is 3.97. The maximum absolute atomic E-state index is 12.4. The molecule has 2 aromatic rings. The topological polar surface area (TPSA) is 50.2 Å². The van der Waals surface area contributed by atoms with E-state index < -0.39 is 17.7 Å². The van der Waals surface area contributed by atoms with Gasteiger partial charge >= 0.3 is 12.1 Å². The fourth-order valence-electron chi connectivity index (χ4n) is 1.47. The molecule has 1 aromatic heterocycles. The van der Waals surface area contributed by atoms with Crippen molar-refractivity contribution in [3.8, 4) is 0 Å². The highest BCUT2D eigenvalue weighted by Crippen LogP contribution is 2.32. The van der Waals surface area contributed by atoms with Gasteiger partial charge in [-0.2, -0.15) is 13.2 Å². The number of aromatic nitrogens is 1. The van der Waals surface area contributed by atoms with Gasteiger partial charge in [0.05, 0.1) is 11.1 Å². The van der Waals surface area contributed by atoms with E-state index in [2.05, 4.69) is 20.9 Å². The first-order valence-electron chi connectivity index (χ1n) is 5.51. The van der Waals surface area contributed by atoms with Crippen LogP contribution in [0.3, 0.4) is 0 Å². The first kappa shape index (κ1) is 15.8. The van der Waals surface area contributed by atoms with Crippen LogP contribution in [-0.2, 0) is 6.18 Å². The predicted molar refractivity (Wildman–Crippen MR) is 74.5 cm³/mol. The van der Waals surface area contributed by atoms with Crippen molar-refractivity contribution in [3.05, 3.63) is 52.1 Å². The molecular formula is C13H7BrF3NO2S. The second-order valence-corrected chi connectivity index (χ2v) is 5.98. The van der Waals surface area contributed by atoms with E-state index in [1.807, 2.05) is 0 Å². The number of halogens is 4. The van der Waals surface area contributed by atoms with Crippen molar-refractivity contribution in [1.82, 2.24) is 4.98 Å². The van der Waals surface area contributed by atoms with Crippen LogP contribution in [0.1, 0.15) is 15.9 Å². The van der Waals surface area contributed by atoms with Gasteiger partial charge in [0, 0.05) is 15.6 Å². The zero-order chi connectivity index (χ0) is 15.6. The minimum Gasteiger partial charge on any atom is -0.478 e. The van der Waals surface area contributed by atoms with Crippen molar-refractivity contribution in [2.45, 2.75) is 16.1 Å². The molecule has 0 unspecified atom stereocenters. The summed E-state index contributed by atoms with van der Waals surface area (Å²) in [7, 11) is 0. The van der Waals surface area contributed by atoms with Crippen molar-refractivity contribution < 1.29 is 23.1 Å². The number of pyridine rings is 1. The lowest BCUT2D eigenvalue weighted by Gasteiger charge is -2.07. The molecule has 110 valence electrons. The summed E-state index contributed by atoms with van der Waals surface area (Å²) in [5.74, 6) is -1.08. The van der Waals surface area contributed by atoms with E-state index in [1.165, 1.54) is 18.2 Å². The molecule has 1 heterocycles. The molecule has 0 aliphatic carbocycles. The Morgan fingerprint density at radius 3 is 2.48 bits per heavy atom. The Balaban J connectivity index is 2.24. The summed E-state index contributed by atoms with van der Waals surface area (Å²) < 4.78 is 37.8. The third kappa shape index (κ3) is 4.21. The summed E-state index contributed by atoms with van der Waals surface area (Å²) in [5.41, 5.74) is -0.744. The van der Waals surface area contributed by atoms with E-state index in [0.29, 0.717) is 14.4 Å². The van der Waals surface area contributed by atoms with Gasteiger partial charge in [-0.05, 0) is 30.3 Å². The minimum absolute atomic E-state index is 0.0822. The van der Waals surface area contributed by atoms with Gasteiger partial charge in [0.15, 0.2) is 0 Å². The van der Waals surface area contributed by atoms with Crippen LogP contribution in [0.2, 0.25) is 0 Å². The zero-order valence-corrected chi connectivity index (χ0v) is 12.6. The van der Waals surface area contributed by atoms with E-state index >= 15 is 0 Å². The number of carboxylic acid groups (broad SMARTS) is 1. The first-order valence-corrected chi connectivity index (χ1v) is 7.11. The lowest BCUT2D eigenvalue weighted by atomic mass is 10.2. The molecular weight excluding hydrogens is 371 g/mol. The molecule has 3 nitrogen and oxygen atoms in total. The molecule has 0 radical (unpaired) electrons. The van der Waals surface area contributed by atoms with Gasteiger partial charge in [-0.15, -0.1) is 0 Å². The van der Waals surface area contributed by atoms with Gasteiger partial charge in [-0.25, -0.2) is 9.78 Å². The highest BCUT2D eigenvalue weighted by Gasteiger charge is 2.30. The number of carboxylic acids is 1. The minimum atomic E-state index is -4.43. The molecule has 0 spiro atoms. The molecule has 2 rings (SSSR count). The summed E-state index contributed by atoms with van der Waals surface area (Å²) in [6.07, 6.45) is -3.68. The number of carbonyl (C=O) groups is 1. The van der Waals surface area contributed by atoms with Gasteiger partial charge in [-0.1, -0.05) is 27.7 Å². The van der Waals surface area contributed by atoms with E-state index in [-0.39, 0.29) is 5.56 Å². The Labute approximate surface area is 130 Å². The molecule has 0 saturated heterocycles. The van der Waals surface area contributed by atoms with E-state index in [1.54, 1.807) is 6.07 Å². The molecule has 0 fully saturated rings. The lowest BCUT2D eigenvalue weighted by molar-refractivity contribution is -0.137. The molecule has 0 aliphatic heterocycles. The Morgan fingerprint density at radius 1 is 1.24 bits per heavy atom. The molecule has 21 heavy (non-hydrogen) atoms. The fourth-order valence-corrected chi connectivity index (χ4v) is 2.97. The van der Waals surface area contributed by atoms with Crippen molar-refractivity contribution in [2.24, 2.45) is 0 Å². The number of rotatable bonds is 3. The molecule has 0 aliphatic rings. The number of benzene rings is 1. The molecule has 1 N–H and O–H groups in total. The van der Waals surface area contributed by atoms with Crippen molar-refractivity contribution in [3.63, 3.8) is 0 Å². The normalized spacial score (nSPS) is 11.4. The molecule has 0 amide bonds. The molecule has 0 bridgehead atoms. The number of nitrogens with zero attached hydrogens (tertiary/aromatic N) is 1. The zero-order valence-electron chi connectivity index (χ0n) is 10.2. The number of aromatic carboxylic acids is 1. The van der Waals surface area contributed by atoms with Crippen molar-refractivity contribution in [1.29, 1.82) is 0 Å². The van der Waals surface area contributed by atoms with E-state index in [4.69, 9.17) is 5.11 Å². The van der Waals surface area contributed by atoms with Crippen LogP contribution in [0, 0.1) is 0 Å². The smallest absolute Gasteiger partial charge is 0.417 e. The van der Waals surface area contributed by atoms with Crippen LogP contribution in [0.4, 0.5) is 13.2 Å². The van der Waals surface area contributed by atoms with Gasteiger partial charge in [0.1, 0.15) is 5.03 Å². The highest BCUT2D eigenvalue weighted by molar-refractivity contribution is 9.10. The third-order valence-electron chi connectivity index (χ3n) is 2.40. The molecule has 0 saturated carbocycles. The highest BCUT2D eigenvalue weighted by atomic mass is 79.9. The number of hydrogen-bond donors (Lipinski definition) is 1. The molecule has 8 heteroatoms. The summed E-state index contributed by atoms with van der Waals surface area (Å²) in [4.78, 5) is 15.2. The van der Waals surface area contributed by atoms with Crippen LogP contribution < -0.4 is 0 Å². The number of alkyl halides is 3. The Bertz CT molecular complexity index is 674. The second kappa shape index (κ2) is 6.07. The summed E-state index contributed by atoms with van der Waals surface area (Å²) in [5, 5.41) is 9.30. The summed E-state index contributed by atoms with van der Waals surface area (Å²) in [6, 6.07) is 6.71. The van der Waals surface area contributed by atoms with Gasteiger partial charge in [0.25, 0.3) is 0 Å². The largest absolute Gasteiger partial charge is 0.478 e. The van der Waals surface area contributed by atoms with E-state index in [9.17, 15) is 18.0 Å². The predicted octanol–water partition coefficient (Wildman–Crippen LogP) is 4.71. The standard InChI is InChI=1S/C13H7BrF3NO2S/c14-9-3-7(12(19)20)4-10(5-9)21-11-2-1-8(6-18-11)13(15,16)17/h1-6H,(H,19,20). The van der Waals surface area contributed by atoms with Crippen LogP contribution in [-0.4, -0.2) is 16.1 Å². The van der Waals surface area contributed by atoms with Crippen molar-refractivity contribution >= 4 is 33.7 Å². The molecule has 1 aromatic carbocycles. The number of hydrogen-bond acceptors (Lipinski definition) is 3. The maximum atomic E-state index is 12.4. The summed E-state index contributed by atoms with van der Waals surface area (Å²) in [6.45, 7) is 0. The Kier molecular flexibility index (Phi) is 4.58. The maximum Gasteiger partial charge on any atom is 0.417 e. The Hall–Kier alpha value is -1.54. The van der Waals surface area contributed by atoms with Gasteiger partial charge < -0.3 is 5.11 Å².